The Morgan fingerprint density at radius 3 is 2.34 bits per heavy atom. The van der Waals surface area contributed by atoms with Crippen LogP contribution in [0.3, 0.4) is 0 Å². The Kier molecular flexibility index (Phi) is 8.96. The smallest absolute Gasteiger partial charge is 0.255 e. The quantitative estimate of drug-likeness (QED) is 0.573. The Morgan fingerprint density at radius 1 is 1.03 bits per heavy atom. The number of nitrogens with one attached hydrogen (secondary N) is 1. The van der Waals surface area contributed by atoms with Gasteiger partial charge in [-0.05, 0) is 50.2 Å². The van der Waals surface area contributed by atoms with E-state index in [2.05, 4.69) is 31.0 Å². The van der Waals surface area contributed by atoms with Gasteiger partial charge in [-0.2, -0.15) is 0 Å². The van der Waals surface area contributed by atoms with Crippen LogP contribution >= 0.6 is 0 Å². The number of hydrogen-bond donors (Lipinski definition) is 1. The fourth-order valence-corrected chi connectivity index (χ4v) is 2.96. The number of hydrogen-bond acceptors (Lipinski definition) is 5. The summed E-state index contributed by atoms with van der Waals surface area (Å²) in [6, 6.07) is 13.5. The first-order valence-electron chi connectivity index (χ1n) is 9.92. The van der Waals surface area contributed by atoms with Crippen LogP contribution in [-0.2, 0) is 11.3 Å². The zero-order valence-electron chi connectivity index (χ0n) is 18.0. The summed E-state index contributed by atoms with van der Waals surface area (Å²) in [6.07, 6.45) is 0. The zero-order chi connectivity index (χ0) is 21.2. The van der Waals surface area contributed by atoms with Crippen molar-refractivity contribution in [3.63, 3.8) is 0 Å². The molecule has 6 heteroatoms. The summed E-state index contributed by atoms with van der Waals surface area (Å²) in [5.41, 5.74) is 2.44. The number of benzene rings is 2. The molecule has 2 rings (SSSR count). The Labute approximate surface area is 173 Å². The summed E-state index contributed by atoms with van der Waals surface area (Å²) in [5.74, 6) is 1.00. The molecular formula is C23H32N2O4. The van der Waals surface area contributed by atoms with Gasteiger partial charge in [0.25, 0.3) is 5.91 Å². The number of nitrogens with zero attached hydrogens (tertiary/aromatic N) is 1. The highest BCUT2D eigenvalue weighted by atomic mass is 16.5. The van der Waals surface area contributed by atoms with Gasteiger partial charge in [-0.1, -0.05) is 19.1 Å². The van der Waals surface area contributed by atoms with Gasteiger partial charge in [0.05, 0.1) is 13.7 Å². The lowest BCUT2D eigenvalue weighted by Crippen LogP contribution is -2.29. The molecule has 1 N–H and O–H groups in total. The maximum Gasteiger partial charge on any atom is 0.255 e. The van der Waals surface area contributed by atoms with Crippen molar-refractivity contribution in [3.8, 4) is 11.5 Å². The molecule has 29 heavy (non-hydrogen) atoms. The average Bonchev–Trinajstić information content (AvgIpc) is 2.72. The molecule has 2 aromatic carbocycles. The second-order valence-corrected chi connectivity index (χ2v) is 7.01. The minimum absolute atomic E-state index is 0.166. The van der Waals surface area contributed by atoms with E-state index in [0.29, 0.717) is 42.0 Å². The lowest BCUT2D eigenvalue weighted by Gasteiger charge is -2.24. The summed E-state index contributed by atoms with van der Waals surface area (Å²) in [7, 11) is 3.20. The number of ether oxygens (including phenoxy) is 3. The van der Waals surface area contributed by atoms with Crippen molar-refractivity contribution in [1.29, 1.82) is 0 Å². The van der Waals surface area contributed by atoms with Gasteiger partial charge in [-0.15, -0.1) is 0 Å². The van der Waals surface area contributed by atoms with Gasteiger partial charge in [0, 0.05) is 37.0 Å². The van der Waals surface area contributed by atoms with Crippen molar-refractivity contribution in [3.05, 3.63) is 53.6 Å². The normalized spacial score (nSPS) is 11.0. The van der Waals surface area contributed by atoms with Crippen LogP contribution in [0.25, 0.3) is 0 Å². The molecule has 0 radical (unpaired) electrons. The van der Waals surface area contributed by atoms with E-state index >= 15 is 0 Å². The molecule has 0 aliphatic heterocycles. The van der Waals surface area contributed by atoms with Gasteiger partial charge in [0.15, 0.2) is 11.5 Å². The van der Waals surface area contributed by atoms with Gasteiger partial charge >= 0.3 is 0 Å². The van der Waals surface area contributed by atoms with E-state index in [-0.39, 0.29) is 5.91 Å². The maximum atomic E-state index is 12.6. The zero-order valence-corrected chi connectivity index (χ0v) is 18.0. The van der Waals surface area contributed by atoms with Crippen molar-refractivity contribution in [2.75, 3.05) is 39.3 Å². The number of carbonyl (C=O) groups excluding carboxylic acids is 1. The number of anilines is 1. The van der Waals surface area contributed by atoms with Crippen LogP contribution in [0.4, 0.5) is 5.69 Å². The number of carbonyl (C=O) groups is 1. The van der Waals surface area contributed by atoms with Crippen LogP contribution in [-0.4, -0.2) is 50.8 Å². The van der Waals surface area contributed by atoms with Crippen LogP contribution < -0.4 is 14.8 Å². The first-order valence-corrected chi connectivity index (χ1v) is 9.92. The maximum absolute atomic E-state index is 12.6. The SMILES string of the molecule is CCN(Cc1ccc(C(=O)Nc2ccc(OC)c(OCCOC)c2)cc1)C(C)C. The summed E-state index contributed by atoms with van der Waals surface area (Å²) in [4.78, 5) is 15.0. The highest BCUT2D eigenvalue weighted by Crippen LogP contribution is 2.30. The van der Waals surface area contributed by atoms with Crippen LogP contribution in [0.1, 0.15) is 36.7 Å². The van der Waals surface area contributed by atoms with Gasteiger partial charge in [-0.25, -0.2) is 0 Å². The Morgan fingerprint density at radius 2 is 1.76 bits per heavy atom. The molecule has 1 amide bonds. The highest BCUT2D eigenvalue weighted by Gasteiger charge is 2.11. The van der Waals surface area contributed by atoms with Crippen LogP contribution in [0, 0.1) is 0 Å². The van der Waals surface area contributed by atoms with Crippen LogP contribution in [0.5, 0.6) is 11.5 Å². The number of rotatable bonds is 11. The average molecular weight is 401 g/mol. The third kappa shape index (κ3) is 6.76. The van der Waals surface area contributed by atoms with Gasteiger partial charge < -0.3 is 19.5 Å². The van der Waals surface area contributed by atoms with Crippen molar-refractivity contribution in [2.45, 2.75) is 33.4 Å². The molecule has 0 fully saturated rings. The van der Waals surface area contributed by atoms with E-state index in [1.165, 1.54) is 5.56 Å². The Balaban J connectivity index is 2.04. The number of methoxy groups -OCH3 is 2. The molecule has 0 heterocycles. The third-order valence-corrected chi connectivity index (χ3v) is 4.70. The van der Waals surface area contributed by atoms with Gasteiger partial charge in [0.1, 0.15) is 6.61 Å². The van der Waals surface area contributed by atoms with E-state index in [9.17, 15) is 4.79 Å². The number of amides is 1. The molecule has 0 aromatic heterocycles. The van der Waals surface area contributed by atoms with Crippen LogP contribution in [0.15, 0.2) is 42.5 Å². The molecule has 0 aliphatic carbocycles. The highest BCUT2D eigenvalue weighted by molar-refractivity contribution is 6.04. The van der Waals surface area contributed by atoms with Crippen molar-refractivity contribution in [1.82, 2.24) is 4.90 Å². The molecule has 6 nitrogen and oxygen atoms in total. The van der Waals surface area contributed by atoms with E-state index in [0.717, 1.165) is 13.1 Å². The molecule has 0 bridgehead atoms. The molecule has 0 saturated carbocycles. The molecule has 0 unspecified atom stereocenters. The minimum Gasteiger partial charge on any atom is -0.493 e. The summed E-state index contributed by atoms with van der Waals surface area (Å²) in [5, 5.41) is 2.91. The summed E-state index contributed by atoms with van der Waals surface area (Å²) < 4.78 is 16.0. The van der Waals surface area contributed by atoms with E-state index in [4.69, 9.17) is 14.2 Å². The second kappa shape index (κ2) is 11.4. The first kappa shape index (κ1) is 22.7. The fraction of sp³-hybridized carbons (Fsp3) is 0.435. The molecule has 0 aliphatic rings. The second-order valence-electron chi connectivity index (χ2n) is 7.01. The molecule has 158 valence electrons. The van der Waals surface area contributed by atoms with Gasteiger partial charge in [-0.3, -0.25) is 9.69 Å². The summed E-state index contributed by atoms with van der Waals surface area (Å²) in [6.45, 7) is 9.27. The van der Waals surface area contributed by atoms with Crippen molar-refractivity contribution in [2.24, 2.45) is 0 Å². The van der Waals surface area contributed by atoms with Gasteiger partial charge in [0.2, 0.25) is 0 Å². The van der Waals surface area contributed by atoms with Crippen molar-refractivity contribution >= 4 is 11.6 Å². The Bertz CT molecular complexity index is 775. The Hall–Kier alpha value is -2.57. The lowest BCUT2D eigenvalue weighted by atomic mass is 10.1. The molecule has 2 aromatic rings. The topological polar surface area (TPSA) is 60.0 Å². The molecule has 0 atom stereocenters. The largest absolute Gasteiger partial charge is 0.493 e. The van der Waals surface area contributed by atoms with Crippen LogP contribution in [0.2, 0.25) is 0 Å². The monoisotopic (exact) mass is 400 g/mol. The van der Waals surface area contributed by atoms with Crippen molar-refractivity contribution < 1.29 is 19.0 Å². The molecule has 0 spiro atoms. The van der Waals surface area contributed by atoms with E-state index < -0.39 is 0 Å². The minimum atomic E-state index is -0.166. The molecule has 0 saturated heterocycles. The van der Waals surface area contributed by atoms with E-state index in [1.807, 2.05) is 24.3 Å². The summed E-state index contributed by atoms with van der Waals surface area (Å²) >= 11 is 0. The standard InChI is InChI=1S/C23H32N2O4/c1-6-25(17(2)3)16-18-7-9-19(10-8-18)23(26)24-20-11-12-21(28-5)22(15-20)29-14-13-27-4/h7-12,15,17H,6,13-14,16H2,1-5H3,(H,24,26). The predicted octanol–water partition coefficient (Wildman–Crippen LogP) is 4.20. The third-order valence-electron chi connectivity index (χ3n) is 4.70. The predicted molar refractivity (Wildman–Crippen MR) is 116 cm³/mol. The van der Waals surface area contributed by atoms with E-state index in [1.54, 1.807) is 32.4 Å². The first-order chi connectivity index (χ1) is 14.0. The molecular weight excluding hydrogens is 368 g/mol. The fourth-order valence-electron chi connectivity index (χ4n) is 2.96. The lowest BCUT2D eigenvalue weighted by molar-refractivity contribution is 0.102.